The van der Waals surface area contributed by atoms with Crippen LogP contribution in [0.15, 0.2) is 28.7 Å². The third-order valence-electron chi connectivity index (χ3n) is 4.78. The van der Waals surface area contributed by atoms with Crippen molar-refractivity contribution in [3.05, 3.63) is 47.0 Å². The number of aryl methyl sites for hydroxylation is 1. The molecule has 1 fully saturated rings. The van der Waals surface area contributed by atoms with Crippen LogP contribution in [0.4, 0.5) is 5.88 Å². The van der Waals surface area contributed by atoms with Crippen LogP contribution < -0.4 is 5.32 Å². The Morgan fingerprint density at radius 1 is 1.22 bits per heavy atom. The van der Waals surface area contributed by atoms with E-state index in [-0.39, 0.29) is 11.5 Å². The second-order valence-corrected chi connectivity index (χ2v) is 8.01. The van der Waals surface area contributed by atoms with Gasteiger partial charge < -0.3 is 14.5 Å². The first-order valence-corrected chi connectivity index (χ1v) is 9.42. The first-order chi connectivity index (χ1) is 12.9. The number of oxazole rings is 1. The van der Waals surface area contributed by atoms with E-state index < -0.39 is 0 Å². The van der Waals surface area contributed by atoms with E-state index in [0.29, 0.717) is 24.0 Å². The van der Waals surface area contributed by atoms with Gasteiger partial charge >= 0.3 is 0 Å². The zero-order valence-electron chi connectivity index (χ0n) is 16.6. The lowest BCUT2D eigenvalue weighted by Gasteiger charge is -2.35. The van der Waals surface area contributed by atoms with Gasteiger partial charge in [-0.2, -0.15) is 10.2 Å². The van der Waals surface area contributed by atoms with Crippen molar-refractivity contribution in [3.8, 4) is 6.07 Å². The molecule has 0 bridgehead atoms. The summed E-state index contributed by atoms with van der Waals surface area (Å²) in [7, 11) is 0. The molecule has 0 amide bonds. The number of hydrogen-bond donors (Lipinski definition) is 1. The van der Waals surface area contributed by atoms with Gasteiger partial charge in [-0.25, -0.2) is 0 Å². The van der Waals surface area contributed by atoms with Gasteiger partial charge in [0.1, 0.15) is 6.07 Å². The van der Waals surface area contributed by atoms with Crippen molar-refractivity contribution in [1.29, 1.82) is 5.26 Å². The molecule has 1 aromatic carbocycles. The van der Waals surface area contributed by atoms with E-state index in [1.165, 1.54) is 11.1 Å². The lowest BCUT2D eigenvalue weighted by atomic mass is 9.97. The van der Waals surface area contributed by atoms with Crippen LogP contribution in [0.25, 0.3) is 0 Å². The Kier molecular flexibility index (Phi) is 5.83. The molecule has 0 spiro atoms. The summed E-state index contributed by atoms with van der Waals surface area (Å²) in [6.07, 6.45) is 0. The average Bonchev–Trinajstić information content (AvgIpc) is 3.08. The third-order valence-corrected chi connectivity index (χ3v) is 4.78. The normalized spacial score (nSPS) is 16.7. The molecule has 1 aromatic heterocycles. The largest absolute Gasteiger partial charge is 0.423 e. The molecule has 3 rings (SSSR count). The summed E-state index contributed by atoms with van der Waals surface area (Å²) in [5.41, 5.74) is 2.55. The van der Waals surface area contributed by atoms with Gasteiger partial charge in [-0.3, -0.25) is 4.90 Å². The number of aromatic nitrogens is 1. The minimum atomic E-state index is -0.244. The van der Waals surface area contributed by atoms with Gasteiger partial charge in [-0.1, -0.05) is 50.6 Å². The molecule has 0 aliphatic carbocycles. The van der Waals surface area contributed by atoms with E-state index in [2.05, 4.69) is 52.5 Å². The Labute approximate surface area is 161 Å². The van der Waals surface area contributed by atoms with Gasteiger partial charge in [0.05, 0.1) is 19.3 Å². The number of nitrogens with zero attached hydrogens (tertiary/aromatic N) is 3. The Morgan fingerprint density at radius 2 is 1.89 bits per heavy atom. The molecule has 0 saturated carbocycles. The molecular formula is C21H28N4O2. The van der Waals surface area contributed by atoms with Crippen molar-refractivity contribution < 1.29 is 9.15 Å². The highest BCUT2D eigenvalue weighted by Gasteiger charge is 2.26. The molecule has 2 aromatic rings. The Balaban J connectivity index is 1.81. The Morgan fingerprint density at radius 3 is 2.48 bits per heavy atom. The maximum Gasteiger partial charge on any atom is 0.232 e. The maximum atomic E-state index is 9.42. The smallest absolute Gasteiger partial charge is 0.232 e. The van der Waals surface area contributed by atoms with E-state index in [4.69, 9.17) is 9.15 Å². The fourth-order valence-electron chi connectivity index (χ4n) is 3.16. The quantitative estimate of drug-likeness (QED) is 0.868. The van der Waals surface area contributed by atoms with Crippen molar-refractivity contribution in [3.63, 3.8) is 0 Å². The van der Waals surface area contributed by atoms with Crippen LogP contribution in [0.1, 0.15) is 49.5 Å². The molecule has 0 unspecified atom stereocenters. The molecule has 1 N–H and O–H groups in total. The van der Waals surface area contributed by atoms with E-state index >= 15 is 0 Å². The summed E-state index contributed by atoms with van der Waals surface area (Å²) < 4.78 is 11.4. The van der Waals surface area contributed by atoms with Crippen LogP contribution in [-0.2, 0) is 10.2 Å². The van der Waals surface area contributed by atoms with Crippen LogP contribution in [0, 0.1) is 18.3 Å². The fourth-order valence-corrected chi connectivity index (χ4v) is 3.16. The lowest BCUT2D eigenvalue weighted by Crippen LogP contribution is -2.41. The first kappa shape index (κ1) is 19.4. The third kappa shape index (κ3) is 4.68. The molecule has 1 aliphatic rings. The Hall–Kier alpha value is -2.36. The van der Waals surface area contributed by atoms with Crippen LogP contribution in [-0.4, -0.2) is 42.7 Å². The highest BCUT2D eigenvalue weighted by atomic mass is 16.5. The number of benzene rings is 1. The van der Waals surface area contributed by atoms with Crippen molar-refractivity contribution in [2.75, 3.05) is 38.2 Å². The minimum Gasteiger partial charge on any atom is -0.423 e. The number of anilines is 1. The second kappa shape index (κ2) is 8.12. The number of ether oxygens (including phenoxy) is 1. The van der Waals surface area contributed by atoms with Crippen LogP contribution in [0.5, 0.6) is 0 Å². The van der Waals surface area contributed by atoms with Gasteiger partial charge in [-0.05, 0) is 12.5 Å². The highest BCUT2D eigenvalue weighted by molar-refractivity contribution is 5.46. The van der Waals surface area contributed by atoms with E-state index in [0.717, 1.165) is 26.3 Å². The lowest BCUT2D eigenvalue weighted by molar-refractivity contribution is 0.0186. The average molecular weight is 368 g/mol. The first-order valence-electron chi connectivity index (χ1n) is 9.42. The topological polar surface area (TPSA) is 74.3 Å². The van der Waals surface area contributed by atoms with Crippen molar-refractivity contribution in [2.24, 2.45) is 0 Å². The monoisotopic (exact) mass is 368 g/mol. The molecular weight excluding hydrogens is 340 g/mol. The number of nitrogens with one attached hydrogen (secondary N) is 1. The summed E-state index contributed by atoms with van der Waals surface area (Å²) in [5.74, 6) is 1.02. The van der Waals surface area contributed by atoms with Crippen LogP contribution >= 0.6 is 0 Å². The van der Waals surface area contributed by atoms with Crippen molar-refractivity contribution in [1.82, 2.24) is 9.88 Å². The maximum absolute atomic E-state index is 9.42. The summed E-state index contributed by atoms with van der Waals surface area (Å²) in [6.45, 7) is 12.0. The zero-order valence-corrected chi connectivity index (χ0v) is 16.6. The fraction of sp³-hybridized carbons (Fsp3) is 0.524. The zero-order chi connectivity index (χ0) is 19.4. The van der Waals surface area contributed by atoms with Crippen molar-refractivity contribution in [2.45, 2.75) is 39.2 Å². The summed E-state index contributed by atoms with van der Waals surface area (Å²) in [6, 6.07) is 10.9. The van der Waals surface area contributed by atoms with Gasteiger partial charge in [0, 0.05) is 25.0 Å². The van der Waals surface area contributed by atoms with Gasteiger partial charge in [-0.15, -0.1) is 0 Å². The molecule has 1 aliphatic heterocycles. The van der Waals surface area contributed by atoms with E-state index in [1.54, 1.807) is 0 Å². The van der Waals surface area contributed by atoms with Gasteiger partial charge in [0.15, 0.2) is 0 Å². The predicted octanol–water partition coefficient (Wildman–Crippen LogP) is 3.64. The van der Waals surface area contributed by atoms with E-state index in [9.17, 15) is 5.26 Å². The molecule has 144 valence electrons. The summed E-state index contributed by atoms with van der Waals surface area (Å²) >= 11 is 0. The molecule has 1 saturated heterocycles. The Bertz CT molecular complexity index is 793. The van der Waals surface area contributed by atoms with Crippen LogP contribution in [0.2, 0.25) is 0 Å². The SMILES string of the molecule is Cc1ccc([C@@H](CNc2oc(C(C)(C)C)nc2C#N)N2CCOCC2)cc1. The molecule has 27 heavy (non-hydrogen) atoms. The van der Waals surface area contributed by atoms with Crippen molar-refractivity contribution >= 4 is 5.88 Å². The summed E-state index contributed by atoms with van der Waals surface area (Å²) in [4.78, 5) is 6.76. The predicted molar refractivity (Wildman–Crippen MR) is 105 cm³/mol. The second-order valence-electron chi connectivity index (χ2n) is 8.01. The van der Waals surface area contributed by atoms with Gasteiger partial charge in [0.25, 0.3) is 0 Å². The molecule has 2 heterocycles. The molecule has 6 nitrogen and oxygen atoms in total. The standard InChI is InChI=1S/C21H28N4O2/c1-15-5-7-16(8-6-15)18(25-9-11-26-12-10-25)14-23-19-17(13-22)24-20(27-19)21(2,3)4/h5-8,18,23H,9-12,14H2,1-4H3/t18-/m1/s1. The van der Waals surface area contributed by atoms with Gasteiger partial charge in [0.2, 0.25) is 17.5 Å². The number of nitriles is 1. The molecule has 6 heteroatoms. The molecule has 1 atom stereocenters. The van der Waals surface area contributed by atoms with Crippen LogP contribution in [0.3, 0.4) is 0 Å². The number of rotatable bonds is 5. The molecule has 0 radical (unpaired) electrons. The number of morpholine rings is 1. The minimum absolute atomic E-state index is 0.171. The number of hydrogen-bond acceptors (Lipinski definition) is 6. The summed E-state index contributed by atoms with van der Waals surface area (Å²) in [5, 5.41) is 12.8. The highest BCUT2D eigenvalue weighted by Crippen LogP contribution is 2.28. The van der Waals surface area contributed by atoms with E-state index in [1.807, 2.05) is 20.8 Å².